The van der Waals surface area contributed by atoms with Gasteiger partial charge < -0.3 is 15.9 Å². The number of aliphatic imine (C=N–C) groups is 1. The van der Waals surface area contributed by atoms with Gasteiger partial charge in [-0.1, -0.05) is 48.6 Å². The number of carbonyl (C=O) groups excluding carboxylic acids is 1. The summed E-state index contributed by atoms with van der Waals surface area (Å²) in [6, 6.07) is 9.78. The van der Waals surface area contributed by atoms with Crippen LogP contribution in [0.1, 0.15) is 11.9 Å². The third kappa shape index (κ3) is 4.50. The maximum atomic E-state index is 12.2. The van der Waals surface area contributed by atoms with Crippen molar-refractivity contribution in [3.63, 3.8) is 0 Å². The van der Waals surface area contributed by atoms with Gasteiger partial charge in [0.1, 0.15) is 10.0 Å². The van der Waals surface area contributed by atoms with Crippen LogP contribution in [0.2, 0.25) is 0 Å². The van der Waals surface area contributed by atoms with Crippen molar-refractivity contribution < 1.29 is 9.53 Å². The molecule has 2 atom stereocenters. The highest BCUT2D eigenvalue weighted by molar-refractivity contribution is 7.14. The summed E-state index contributed by atoms with van der Waals surface area (Å²) in [7, 11) is 0. The summed E-state index contributed by atoms with van der Waals surface area (Å²) in [6.45, 7) is 3.52. The van der Waals surface area contributed by atoms with E-state index in [4.69, 9.17) is 10.6 Å². The van der Waals surface area contributed by atoms with Gasteiger partial charge in [-0.05, 0) is 0 Å². The van der Waals surface area contributed by atoms with Crippen LogP contribution >= 0.6 is 11.3 Å². The highest BCUT2D eigenvalue weighted by Gasteiger charge is 2.23. The van der Waals surface area contributed by atoms with Crippen molar-refractivity contribution in [2.24, 2.45) is 21.9 Å². The lowest BCUT2D eigenvalue weighted by Crippen LogP contribution is -2.32. The number of hydrogen-bond donors (Lipinski definition) is 2. The molecule has 2 unspecified atom stereocenters. The van der Waals surface area contributed by atoms with E-state index in [1.54, 1.807) is 0 Å². The molecule has 1 amide bonds. The molecule has 1 aromatic heterocycles. The van der Waals surface area contributed by atoms with Crippen LogP contribution in [0.15, 0.2) is 40.4 Å². The van der Waals surface area contributed by atoms with E-state index in [1.165, 1.54) is 17.6 Å². The topological polar surface area (TPSA) is 115 Å². The van der Waals surface area contributed by atoms with Crippen molar-refractivity contribution >= 4 is 29.2 Å². The van der Waals surface area contributed by atoms with Crippen molar-refractivity contribution in [1.82, 2.24) is 15.5 Å². The molecule has 3 N–H and O–H groups in total. The van der Waals surface area contributed by atoms with Crippen LogP contribution in [-0.4, -0.2) is 47.3 Å². The number of carbonyl (C=O) groups is 1. The summed E-state index contributed by atoms with van der Waals surface area (Å²) in [6.07, 6.45) is 1.40. The molecule has 26 heavy (non-hydrogen) atoms. The van der Waals surface area contributed by atoms with Crippen LogP contribution in [0.5, 0.6) is 0 Å². The maximum absolute atomic E-state index is 12.2. The number of amides is 1. The van der Waals surface area contributed by atoms with E-state index >= 15 is 0 Å². The Balaban J connectivity index is 1.56. The molecule has 0 bridgehead atoms. The van der Waals surface area contributed by atoms with Gasteiger partial charge in [0.2, 0.25) is 0 Å². The van der Waals surface area contributed by atoms with Crippen LogP contribution in [-0.2, 0) is 16.1 Å². The fourth-order valence-electron chi connectivity index (χ4n) is 2.43. The summed E-state index contributed by atoms with van der Waals surface area (Å²) in [5, 5.41) is 16.0. The predicted octanol–water partition coefficient (Wildman–Crippen LogP) is 1.24. The second kappa shape index (κ2) is 8.63. The van der Waals surface area contributed by atoms with Gasteiger partial charge in [0.15, 0.2) is 5.71 Å². The Kier molecular flexibility index (Phi) is 6.03. The minimum Gasteiger partial charge on any atom is -0.379 e. The number of nitrogens with two attached hydrogens (primary N) is 1. The highest BCUT2D eigenvalue weighted by atomic mass is 32.1. The minimum absolute atomic E-state index is 0.0242. The SMILES string of the molecule is CC1COCC1N=C/C(=N\N)C(=O)NCc1nnc(-c2ccccc2)s1. The molecule has 0 saturated carbocycles. The number of hydrazone groups is 1. The molecule has 1 aliphatic rings. The number of benzene rings is 1. The molecule has 0 spiro atoms. The van der Waals surface area contributed by atoms with Gasteiger partial charge in [-0.3, -0.25) is 9.79 Å². The van der Waals surface area contributed by atoms with Crippen molar-refractivity contribution in [1.29, 1.82) is 0 Å². The second-order valence-electron chi connectivity index (χ2n) is 5.92. The van der Waals surface area contributed by atoms with Crippen molar-refractivity contribution in [2.45, 2.75) is 19.5 Å². The zero-order valence-corrected chi connectivity index (χ0v) is 15.1. The smallest absolute Gasteiger partial charge is 0.273 e. The fraction of sp³-hybridized carbons (Fsp3) is 0.353. The number of aromatic nitrogens is 2. The number of ether oxygens (including phenoxy) is 1. The van der Waals surface area contributed by atoms with E-state index in [-0.39, 0.29) is 18.3 Å². The molecule has 1 aliphatic heterocycles. The van der Waals surface area contributed by atoms with Crippen LogP contribution in [0.3, 0.4) is 0 Å². The van der Waals surface area contributed by atoms with Gasteiger partial charge in [0.05, 0.1) is 32.0 Å². The van der Waals surface area contributed by atoms with Crippen LogP contribution in [0.4, 0.5) is 0 Å². The van der Waals surface area contributed by atoms with Gasteiger partial charge in [0.25, 0.3) is 5.91 Å². The molecular weight excluding hydrogens is 352 g/mol. The molecule has 8 nitrogen and oxygen atoms in total. The first kappa shape index (κ1) is 18.2. The average molecular weight is 372 g/mol. The number of nitrogens with one attached hydrogen (secondary N) is 1. The van der Waals surface area contributed by atoms with Gasteiger partial charge >= 0.3 is 0 Å². The Morgan fingerprint density at radius 2 is 2.19 bits per heavy atom. The Hall–Kier alpha value is -2.65. The lowest BCUT2D eigenvalue weighted by atomic mass is 10.1. The van der Waals surface area contributed by atoms with E-state index in [1.807, 2.05) is 37.3 Å². The van der Waals surface area contributed by atoms with E-state index in [0.717, 1.165) is 10.6 Å². The molecule has 1 fully saturated rings. The average Bonchev–Trinajstić information content (AvgIpc) is 3.30. The van der Waals surface area contributed by atoms with Crippen molar-refractivity contribution in [2.75, 3.05) is 13.2 Å². The second-order valence-corrected chi connectivity index (χ2v) is 6.99. The summed E-state index contributed by atoms with van der Waals surface area (Å²) in [4.78, 5) is 16.6. The van der Waals surface area contributed by atoms with Gasteiger partial charge in [0, 0.05) is 11.5 Å². The Morgan fingerprint density at radius 1 is 1.38 bits per heavy atom. The van der Waals surface area contributed by atoms with E-state index < -0.39 is 5.91 Å². The monoisotopic (exact) mass is 372 g/mol. The minimum atomic E-state index is -0.403. The molecular formula is C17H20N6O2S. The van der Waals surface area contributed by atoms with E-state index in [0.29, 0.717) is 24.1 Å². The summed E-state index contributed by atoms with van der Waals surface area (Å²) in [5.74, 6) is 5.23. The quantitative estimate of drug-likeness (QED) is 0.450. The Labute approximate surface area is 155 Å². The molecule has 0 aliphatic carbocycles. The highest BCUT2D eigenvalue weighted by Crippen LogP contribution is 2.22. The fourth-order valence-corrected chi connectivity index (χ4v) is 3.21. The molecule has 1 saturated heterocycles. The first-order chi connectivity index (χ1) is 12.7. The summed E-state index contributed by atoms with van der Waals surface area (Å²) >= 11 is 1.42. The molecule has 9 heteroatoms. The molecule has 2 aromatic rings. The van der Waals surface area contributed by atoms with Crippen LogP contribution in [0.25, 0.3) is 10.6 Å². The summed E-state index contributed by atoms with van der Waals surface area (Å²) < 4.78 is 5.34. The zero-order valence-electron chi connectivity index (χ0n) is 14.3. The van der Waals surface area contributed by atoms with Gasteiger partial charge in [-0.2, -0.15) is 5.10 Å². The van der Waals surface area contributed by atoms with Crippen molar-refractivity contribution in [3.8, 4) is 10.6 Å². The molecule has 1 aromatic carbocycles. The lowest BCUT2D eigenvalue weighted by molar-refractivity contribution is -0.114. The van der Waals surface area contributed by atoms with Gasteiger partial charge in [-0.25, -0.2) is 0 Å². The normalized spacial score (nSPS) is 20.6. The molecule has 136 valence electrons. The first-order valence-electron chi connectivity index (χ1n) is 8.22. The maximum Gasteiger partial charge on any atom is 0.273 e. The Morgan fingerprint density at radius 3 is 2.88 bits per heavy atom. The standard InChI is InChI=1S/C17H20N6O2S/c1-11-9-25-10-14(11)19-7-13(21-18)16(24)20-8-15-22-23-17(26-15)12-5-3-2-4-6-12/h2-7,11,14H,8-10,18H2,1H3,(H,20,24)/b19-7?,21-13+. The van der Waals surface area contributed by atoms with Crippen LogP contribution in [0, 0.1) is 5.92 Å². The Bertz CT molecular complexity index is 805. The number of hydrogen-bond acceptors (Lipinski definition) is 8. The van der Waals surface area contributed by atoms with E-state index in [9.17, 15) is 4.79 Å². The third-order valence-corrected chi connectivity index (χ3v) is 4.95. The molecule has 2 heterocycles. The number of nitrogens with zero attached hydrogens (tertiary/aromatic N) is 4. The van der Waals surface area contributed by atoms with Crippen LogP contribution < -0.4 is 11.2 Å². The molecule has 0 radical (unpaired) electrons. The lowest BCUT2D eigenvalue weighted by Gasteiger charge is -2.07. The van der Waals surface area contributed by atoms with Gasteiger partial charge in [-0.15, -0.1) is 10.2 Å². The largest absolute Gasteiger partial charge is 0.379 e. The third-order valence-electron chi connectivity index (χ3n) is 3.97. The zero-order chi connectivity index (χ0) is 18.4. The number of rotatable bonds is 6. The van der Waals surface area contributed by atoms with Crippen molar-refractivity contribution in [3.05, 3.63) is 35.3 Å². The van der Waals surface area contributed by atoms with E-state index in [2.05, 4.69) is 25.6 Å². The predicted molar refractivity (Wildman–Crippen MR) is 101 cm³/mol. The first-order valence-corrected chi connectivity index (χ1v) is 9.04. The summed E-state index contributed by atoms with van der Waals surface area (Å²) in [5.41, 5.74) is 1.06. The molecule has 3 rings (SSSR count).